The van der Waals surface area contributed by atoms with Crippen molar-refractivity contribution in [2.24, 2.45) is 0 Å². The van der Waals surface area contributed by atoms with E-state index in [2.05, 4.69) is 15.0 Å². The molecule has 0 atom stereocenters. The Labute approximate surface area is 129 Å². The highest BCUT2D eigenvalue weighted by molar-refractivity contribution is 5.68. The highest BCUT2D eigenvalue weighted by Gasteiger charge is 2.10. The Morgan fingerprint density at radius 3 is 2.18 bits per heavy atom. The molecule has 0 radical (unpaired) electrons. The molecule has 0 aliphatic heterocycles. The summed E-state index contributed by atoms with van der Waals surface area (Å²) in [7, 11) is 0. The van der Waals surface area contributed by atoms with E-state index in [1.807, 2.05) is 45.0 Å². The Kier molecular flexibility index (Phi) is 5.31. The van der Waals surface area contributed by atoms with Crippen molar-refractivity contribution in [3.8, 4) is 22.6 Å². The van der Waals surface area contributed by atoms with Gasteiger partial charge in [-0.3, -0.25) is 0 Å². The molecule has 0 N–H and O–H groups in total. The van der Waals surface area contributed by atoms with E-state index in [0.29, 0.717) is 17.1 Å². The van der Waals surface area contributed by atoms with Gasteiger partial charge >= 0.3 is 0 Å². The van der Waals surface area contributed by atoms with Crippen molar-refractivity contribution in [2.45, 2.75) is 20.8 Å². The molecular weight excluding hydrogens is 277 g/mol. The van der Waals surface area contributed by atoms with Gasteiger partial charge in [-0.1, -0.05) is 43.7 Å². The minimum Gasteiger partial charge on any atom is -0.250 e. The maximum Gasteiger partial charge on any atom is 0.178 e. The second kappa shape index (κ2) is 7.41. The molecule has 0 fully saturated rings. The van der Waals surface area contributed by atoms with Gasteiger partial charge in [-0.05, 0) is 24.6 Å². The molecule has 0 unspecified atom stereocenters. The Bertz CT molecular complexity index is 725. The molecule has 22 heavy (non-hydrogen) atoms. The molecule has 0 amide bonds. The second-order valence-corrected chi connectivity index (χ2v) is 4.49. The first-order valence-electron chi connectivity index (χ1n) is 7.24. The van der Waals surface area contributed by atoms with Crippen LogP contribution in [0.3, 0.4) is 0 Å². The van der Waals surface area contributed by atoms with E-state index in [1.54, 1.807) is 24.5 Å². The lowest BCUT2D eigenvalue weighted by molar-refractivity contribution is 0.625. The summed E-state index contributed by atoms with van der Waals surface area (Å²) in [5, 5.41) is 0. The van der Waals surface area contributed by atoms with Gasteiger partial charge in [0.15, 0.2) is 5.82 Å². The van der Waals surface area contributed by atoms with Crippen LogP contribution in [0, 0.1) is 12.7 Å². The van der Waals surface area contributed by atoms with E-state index in [1.165, 1.54) is 6.20 Å². The first-order valence-corrected chi connectivity index (χ1v) is 7.24. The summed E-state index contributed by atoms with van der Waals surface area (Å²) in [6.45, 7) is 6.00. The molecule has 2 aromatic heterocycles. The standard InChI is InChI=1S/C16H12FN3.C2H6/c1-11-3-5-12(6-4-11)13-9-15(20-10-14(13)17)16-18-7-2-8-19-16;1-2/h2-10H,1H3;1-2H3. The largest absolute Gasteiger partial charge is 0.250 e. The quantitative estimate of drug-likeness (QED) is 0.689. The van der Waals surface area contributed by atoms with E-state index in [0.717, 1.165) is 11.1 Å². The predicted molar refractivity (Wildman–Crippen MR) is 86.7 cm³/mol. The average molecular weight is 295 g/mol. The van der Waals surface area contributed by atoms with Gasteiger partial charge in [-0.25, -0.2) is 19.3 Å². The lowest BCUT2D eigenvalue weighted by Crippen LogP contribution is -1.94. The third kappa shape index (κ3) is 3.52. The number of halogens is 1. The van der Waals surface area contributed by atoms with Gasteiger partial charge in [0.05, 0.1) is 6.20 Å². The number of rotatable bonds is 2. The van der Waals surface area contributed by atoms with E-state index >= 15 is 0 Å². The van der Waals surface area contributed by atoms with Gasteiger partial charge in [0.25, 0.3) is 0 Å². The number of hydrogen-bond acceptors (Lipinski definition) is 3. The monoisotopic (exact) mass is 295 g/mol. The summed E-state index contributed by atoms with van der Waals surface area (Å²) in [6, 6.07) is 11.1. The van der Waals surface area contributed by atoms with Gasteiger partial charge in [-0.2, -0.15) is 0 Å². The average Bonchev–Trinajstić information content (AvgIpc) is 2.59. The van der Waals surface area contributed by atoms with Crippen LogP contribution in [-0.2, 0) is 0 Å². The van der Waals surface area contributed by atoms with E-state index in [9.17, 15) is 4.39 Å². The summed E-state index contributed by atoms with van der Waals surface area (Å²) < 4.78 is 14.0. The zero-order valence-corrected chi connectivity index (χ0v) is 12.9. The Morgan fingerprint density at radius 1 is 0.909 bits per heavy atom. The van der Waals surface area contributed by atoms with E-state index < -0.39 is 0 Å². The van der Waals surface area contributed by atoms with Crippen LogP contribution in [0.2, 0.25) is 0 Å². The molecule has 0 bridgehead atoms. The van der Waals surface area contributed by atoms with E-state index in [-0.39, 0.29) is 5.82 Å². The molecule has 3 rings (SSSR count). The lowest BCUT2D eigenvalue weighted by atomic mass is 10.0. The van der Waals surface area contributed by atoms with Crippen LogP contribution in [0.4, 0.5) is 4.39 Å². The minimum atomic E-state index is -0.353. The second-order valence-electron chi connectivity index (χ2n) is 4.49. The smallest absolute Gasteiger partial charge is 0.178 e. The van der Waals surface area contributed by atoms with Gasteiger partial charge in [0.2, 0.25) is 0 Å². The van der Waals surface area contributed by atoms with Crippen molar-refractivity contribution < 1.29 is 4.39 Å². The zero-order chi connectivity index (χ0) is 15.9. The van der Waals surface area contributed by atoms with Crippen molar-refractivity contribution in [1.29, 1.82) is 0 Å². The third-order valence-electron chi connectivity index (χ3n) is 3.01. The number of aromatic nitrogens is 3. The number of pyridine rings is 1. The summed E-state index contributed by atoms with van der Waals surface area (Å²) in [5.74, 6) is 0.134. The molecule has 0 saturated heterocycles. The fourth-order valence-corrected chi connectivity index (χ4v) is 1.95. The first-order chi connectivity index (χ1) is 10.7. The third-order valence-corrected chi connectivity index (χ3v) is 3.01. The Morgan fingerprint density at radius 2 is 1.55 bits per heavy atom. The molecule has 3 aromatic rings. The van der Waals surface area contributed by atoms with Crippen LogP contribution < -0.4 is 0 Å². The van der Waals surface area contributed by atoms with Gasteiger partial charge in [0.1, 0.15) is 11.5 Å². The van der Waals surface area contributed by atoms with Crippen LogP contribution >= 0.6 is 0 Å². The fraction of sp³-hybridized carbons (Fsp3) is 0.167. The van der Waals surface area contributed by atoms with Crippen LogP contribution in [0.5, 0.6) is 0 Å². The summed E-state index contributed by atoms with van der Waals surface area (Å²) in [6.07, 6.45) is 4.48. The van der Waals surface area contributed by atoms with Crippen molar-refractivity contribution in [3.63, 3.8) is 0 Å². The topological polar surface area (TPSA) is 38.7 Å². The van der Waals surface area contributed by atoms with Crippen LogP contribution in [0.25, 0.3) is 22.6 Å². The highest BCUT2D eigenvalue weighted by atomic mass is 19.1. The Hall–Kier alpha value is -2.62. The molecule has 0 spiro atoms. The summed E-state index contributed by atoms with van der Waals surface area (Å²) in [4.78, 5) is 12.3. The zero-order valence-electron chi connectivity index (χ0n) is 12.9. The van der Waals surface area contributed by atoms with Crippen LogP contribution in [-0.4, -0.2) is 15.0 Å². The summed E-state index contributed by atoms with van der Waals surface area (Å²) in [5.41, 5.74) is 3.01. The number of hydrogen-bond donors (Lipinski definition) is 0. The Balaban J connectivity index is 0.000000847. The number of benzene rings is 1. The fourth-order valence-electron chi connectivity index (χ4n) is 1.95. The predicted octanol–water partition coefficient (Wildman–Crippen LogP) is 4.68. The van der Waals surface area contributed by atoms with Gasteiger partial charge in [-0.15, -0.1) is 0 Å². The van der Waals surface area contributed by atoms with Gasteiger partial charge in [0, 0.05) is 18.0 Å². The van der Waals surface area contributed by atoms with Crippen molar-refractivity contribution in [2.75, 3.05) is 0 Å². The van der Waals surface area contributed by atoms with Crippen molar-refractivity contribution >= 4 is 0 Å². The molecule has 1 aromatic carbocycles. The van der Waals surface area contributed by atoms with Gasteiger partial charge < -0.3 is 0 Å². The molecular formula is C18H18FN3. The molecule has 3 nitrogen and oxygen atoms in total. The minimum absolute atomic E-state index is 0.353. The lowest BCUT2D eigenvalue weighted by Gasteiger charge is -2.06. The molecule has 0 aliphatic rings. The normalized spacial score (nSPS) is 9.82. The maximum atomic E-state index is 14.0. The van der Waals surface area contributed by atoms with Crippen LogP contribution in [0.1, 0.15) is 19.4 Å². The molecule has 4 heteroatoms. The SMILES string of the molecule is CC.Cc1ccc(-c2cc(-c3ncccn3)ncc2F)cc1. The molecule has 0 aliphatic carbocycles. The number of aryl methyl sites for hydroxylation is 1. The van der Waals surface area contributed by atoms with Crippen molar-refractivity contribution in [1.82, 2.24) is 15.0 Å². The molecule has 2 heterocycles. The van der Waals surface area contributed by atoms with Crippen LogP contribution in [0.15, 0.2) is 55.0 Å². The first kappa shape index (κ1) is 15.8. The van der Waals surface area contributed by atoms with E-state index in [4.69, 9.17) is 0 Å². The maximum absolute atomic E-state index is 14.0. The summed E-state index contributed by atoms with van der Waals surface area (Å²) >= 11 is 0. The number of nitrogens with zero attached hydrogens (tertiary/aromatic N) is 3. The van der Waals surface area contributed by atoms with Crippen molar-refractivity contribution in [3.05, 3.63) is 66.4 Å². The molecule has 0 saturated carbocycles. The molecule has 112 valence electrons. The highest BCUT2D eigenvalue weighted by Crippen LogP contribution is 2.25.